The van der Waals surface area contributed by atoms with E-state index >= 15 is 0 Å². The number of allylic oxidation sites excluding steroid dienone is 14. The van der Waals surface area contributed by atoms with Gasteiger partial charge in [-0.1, -0.05) is 298 Å². The molecule has 1 unspecified atom stereocenters. The number of carbonyl (C=O) groups is 3. The Morgan fingerprint density at radius 1 is 0.284 bits per heavy atom. The number of hydrogen-bond donors (Lipinski definition) is 0. The zero-order valence-electron chi connectivity index (χ0n) is 48.8. The molecule has 0 N–H and O–H groups in total. The number of carbonyl (C=O) groups excluding carboxylic acids is 3. The minimum absolute atomic E-state index is 0.0708. The van der Waals surface area contributed by atoms with Gasteiger partial charge in [-0.25, -0.2) is 0 Å². The molecule has 0 aliphatic carbocycles. The van der Waals surface area contributed by atoms with Crippen molar-refractivity contribution in [3.05, 3.63) is 85.1 Å². The molecule has 426 valence electrons. The lowest BCUT2D eigenvalue weighted by atomic mass is 10.0. The second kappa shape index (κ2) is 62.1. The quantitative estimate of drug-likeness (QED) is 0.0261. The molecule has 0 aliphatic rings. The van der Waals surface area contributed by atoms with Crippen LogP contribution in [0.5, 0.6) is 0 Å². The monoisotopic (exact) mass is 1030 g/mol. The smallest absolute Gasteiger partial charge is 0.306 e. The summed E-state index contributed by atoms with van der Waals surface area (Å²) in [5.41, 5.74) is 0. The first-order valence-electron chi connectivity index (χ1n) is 31.6. The molecular formula is C68H118O6. The van der Waals surface area contributed by atoms with Gasteiger partial charge >= 0.3 is 17.9 Å². The van der Waals surface area contributed by atoms with Gasteiger partial charge in [0, 0.05) is 19.3 Å². The Bertz CT molecular complexity index is 1420. The average molecular weight is 1030 g/mol. The van der Waals surface area contributed by atoms with Gasteiger partial charge in [0.15, 0.2) is 6.10 Å². The first-order chi connectivity index (χ1) is 36.5. The van der Waals surface area contributed by atoms with Crippen LogP contribution in [0.15, 0.2) is 85.1 Å². The largest absolute Gasteiger partial charge is 0.462 e. The van der Waals surface area contributed by atoms with Crippen LogP contribution < -0.4 is 0 Å². The molecule has 0 saturated heterocycles. The van der Waals surface area contributed by atoms with Crippen molar-refractivity contribution in [2.24, 2.45) is 0 Å². The molecule has 0 saturated carbocycles. The van der Waals surface area contributed by atoms with Crippen molar-refractivity contribution in [1.29, 1.82) is 0 Å². The number of esters is 3. The van der Waals surface area contributed by atoms with Gasteiger partial charge < -0.3 is 14.2 Å². The van der Waals surface area contributed by atoms with E-state index in [1.165, 1.54) is 167 Å². The van der Waals surface area contributed by atoms with Gasteiger partial charge in [0.1, 0.15) is 13.2 Å². The molecule has 0 spiro atoms. The maximum Gasteiger partial charge on any atom is 0.306 e. The zero-order chi connectivity index (χ0) is 53.6. The van der Waals surface area contributed by atoms with E-state index in [0.29, 0.717) is 19.3 Å². The van der Waals surface area contributed by atoms with Gasteiger partial charge in [-0.3, -0.25) is 14.4 Å². The predicted molar refractivity (Wildman–Crippen MR) is 321 cm³/mol. The Morgan fingerprint density at radius 2 is 0.527 bits per heavy atom. The van der Waals surface area contributed by atoms with Gasteiger partial charge in [0.05, 0.1) is 0 Å². The van der Waals surface area contributed by atoms with Gasteiger partial charge in [0.2, 0.25) is 0 Å². The maximum atomic E-state index is 12.8. The zero-order valence-corrected chi connectivity index (χ0v) is 48.8. The predicted octanol–water partition coefficient (Wildman–Crippen LogP) is 21.5. The molecule has 1 atom stereocenters. The Morgan fingerprint density at radius 3 is 0.824 bits per heavy atom. The van der Waals surface area contributed by atoms with Crippen LogP contribution in [0.1, 0.15) is 310 Å². The fourth-order valence-electron chi connectivity index (χ4n) is 8.95. The summed E-state index contributed by atoms with van der Waals surface area (Å²) in [6.45, 7) is 6.52. The van der Waals surface area contributed by atoms with Crippen molar-refractivity contribution in [2.75, 3.05) is 13.2 Å². The molecule has 0 aromatic heterocycles. The van der Waals surface area contributed by atoms with Crippen molar-refractivity contribution in [2.45, 2.75) is 316 Å². The molecule has 0 heterocycles. The highest BCUT2D eigenvalue weighted by Crippen LogP contribution is 2.17. The van der Waals surface area contributed by atoms with Crippen LogP contribution in [-0.2, 0) is 28.6 Å². The van der Waals surface area contributed by atoms with E-state index in [1.807, 2.05) is 0 Å². The van der Waals surface area contributed by atoms with Crippen molar-refractivity contribution >= 4 is 17.9 Å². The van der Waals surface area contributed by atoms with E-state index < -0.39 is 6.10 Å². The number of hydrogen-bond acceptors (Lipinski definition) is 6. The van der Waals surface area contributed by atoms with Crippen LogP contribution in [0.3, 0.4) is 0 Å². The van der Waals surface area contributed by atoms with E-state index in [-0.39, 0.29) is 31.1 Å². The number of rotatable bonds is 57. The van der Waals surface area contributed by atoms with Crippen LogP contribution in [0.25, 0.3) is 0 Å². The molecule has 0 aromatic rings. The molecule has 0 amide bonds. The first-order valence-corrected chi connectivity index (χ1v) is 31.6. The van der Waals surface area contributed by atoms with Crippen LogP contribution >= 0.6 is 0 Å². The van der Waals surface area contributed by atoms with Crippen LogP contribution in [-0.4, -0.2) is 37.2 Å². The Kier molecular flexibility index (Phi) is 59.3. The summed E-state index contributed by atoms with van der Waals surface area (Å²) in [5.74, 6) is -0.865. The Hall–Kier alpha value is -3.41. The van der Waals surface area contributed by atoms with Crippen molar-refractivity contribution in [1.82, 2.24) is 0 Å². The summed E-state index contributed by atoms with van der Waals surface area (Å²) in [7, 11) is 0. The average Bonchev–Trinajstić information content (AvgIpc) is 3.40. The first kappa shape index (κ1) is 70.6. The fraction of sp³-hybridized carbons (Fsp3) is 0.750. The molecule has 0 radical (unpaired) electrons. The van der Waals surface area contributed by atoms with E-state index in [1.54, 1.807) is 0 Å². The summed E-state index contributed by atoms with van der Waals surface area (Å²) < 4.78 is 16.8. The third-order valence-corrected chi connectivity index (χ3v) is 13.7. The highest BCUT2D eigenvalue weighted by molar-refractivity contribution is 5.71. The van der Waals surface area contributed by atoms with E-state index in [0.717, 1.165) is 103 Å². The molecule has 6 heteroatoms. The van der Waals surface area contributed by atoms with Crippen LogP contribution in [0, 0.1) is 0 Å². The Labute approximate surface area is 458 Å². The van der Waals surface area contributed by atoms with Gasteiger partial charge in [-0.05, 0) is 77.0 Å². The summed E-state index contributed by atoms with van der Waals surface area (Å²) in [6, 6.07) is 0. The third kappa shape index (κ3) is 59.5. The summed E-state index contributed by atoms with van der Waals surface area (Å²) >= 11 is 0. The summed E-state index contributed by atoms with van der Waals surface area (Å²) in [5, 5.41) is 0. The fourth-order valence-corrected chi connectivity index (χ4v) is 8.95. The third-order valence-electron chi connectivity index (χ3n) is 13.7. The second-order valence-electron chi connectivity index (χ2n) is 21.0. The molecule has 74 heavy (non-hydrogen) atoms. The molecule has 0 rings (SSSR count). The molecule has 0 aromatic carbocycles. The molecule has 0 fully saturated rings. The van der Waals surface area contributed by atoms with E-state index in [4.69, 9.17) is 14.2 Å². The normalized spacial score (nSPS) is 12.6. The molecule has 6 nitrogen and oxygen atoms in total. The van der Waals surface area contributed by atoms with E-state index in [9.17, 15) is 14.4 Å². The molecule has 0 aliphatic heterocycles. The minimum Gasteiger partial charge on any atom is -0.462 e. The lowest BCUT2D eigenvalue weighted by Crippen LogP contribution is -2.30. The minimum atomic E-state index is -0.769. The lowest BCUT2D eigenvalue weighted by Gasteiger charge is -2.18. The molecule has 0 bridgehead atoms. The van der Waals surface area contributed by atoms with Gasteiger partial charge in [-0.2, -0.15) is 0 Å². The highest BCUT2D eigenvalue weighted by Gasteiger charge is 2.19. The number of ether oxygens (including phenoxy) is 3. The van der Waals surface area contributed by atoms with Crippen molar-refractivity contribution < 1.29 is 28.6 Å². The summed E-state index contributed by atoms with van der Waals surface area (Å²) in [6.07, 6.45) is 81.9. The molecular weight excluding hydrogens is 913 g/mol. The highest BCUT2D eigenvalue weighted by atomic mass is 16.6. The second-order valence-corrected chi connectivity index (χ2v) is 21.0. The maximum absolute atomic E-state index is 12.8. The van der Waals surface area contributed by atoms with Crippen molar-refractivity contribution in [3.63, 3.8) is 0 Å². The van der Waals surface area contributed by atoms with Crippen LogP contribution in [0.4, 0.5) is 0 Å². The van der Waals surface area contributed by atoms with Gasteiger partial charge in [-0.15, -0.1) is 0 Å². The van der Waals surface area contributed by atoms with Crippen LogP contribution in [0.2, 0.25) is 0 Å². The number of unbranched alkanes of at least 4 members (excludes halogenated alkanes) is 32. The Balaban J connectivity index is 4.03. The summed E-state index contributed by atoms with van der Waals surface area (Å²) in [4.78, 5) is 38.0. The standard InChI is InChI=1S/C68H118O6/c1-4-7-10-13-16-19-21-23-24-25-26-27-28-29-30-31-32-33-34-35-36-37-38-39-40-41-42-43-44-46-47-49-52-55-58-61-67(70)73-64-65(63-72-66(69)60-57-54-51-18-15-12-9-6-3)74-68(71)62-59-56-53-50-48-45-22-20-17-14-11-8-5-2/h7,10,16,19,23-24,26-27,29-30,32-33,35-36,65H,4-6,8-9,11-15,17-18,20-22,25,28,31,34,37-64H2,1-3H3/b10-7-,19-16-,24-23-,27-26-,30-29-,33-32-,36-35-. The van der Waals surface area contributed by atoms with Crippen molar-refractivity contribution in [3.8, 4) is 0 Å². The topological polar surface area (TPSA) is 78.9 Å². The SMILES string of the molecule is CC/C=C\C/C=C\C/C=C\C/C=C\C/C=C\C/C=C\C/C=C\CCCCCCCCCCCCCCCC(=O)OCC(COC(=O)CCCCCCCCCC)OC(=O)CCCCCCCCCCCCCCC. The lowest BCUT2D eigenvalue weighted by molar-refractivity contribution is -0.167. The van der Waals surface area contributed by atoms with E-state index in [2.05, 4.69) is 106 Å². The van der Waals surface area contributed by atoms with Gasteiger partial charge in [0.25, 0.3) is 0 Å².